The molecule has 0 aliphatic carbocycles. The van der Waals surface area contributed by atoms with Crippen molar-refractivity contribution >= 4 is 0 Å². The van der Waals surface area contributed by atoms with Crippen molar-refractivity contribution < 1.29 is 15.3 Å². The van der Waals surface area contributed by atoms with E-state index >= 15 is 0 Å². The number of aliphatic hydroxyl groups is 3. The zero-order valence-electron chi connectivity index (χ0n) is 5.20. The summed E-state index contributed by atoms with van der Waals surface area (Å²) in [5.41, 5.74) is 0. The molecule has 0 aliphatic rings. The molecule has 0 saturated heterocycles. The summed E-state index contributed by atoms with van der Waals surface area (Å²) in [5, 5.41) is 25.7. The second-order valence-electron chi connectivity index (χ2n) is 1.83. The molecule has 2 atom stereocenters. The smallest absolute Gasteiger partial charge is 0.0855 e. The standard InChI is InChI=1S/C6H12O3/c1-2-5(3-7)6(9)4-8/h2,5-9H,1,3-4H2/t5-,6-/m1/s1. The molecule has 0 fully saturated rings. The second kappa shape index (κ2) is 4.49. The molecule has 0 rings (SSSR count). The molecule has 0 aromatic rings. The van der Waals surface area contributed by atoms with Gasteiger partial charge in [0.15, 0.2) is 0 Å². The Labute approximate surface area is 54.3 Å². The molecule has 0 amide bonds. The molecule has 0 radical (unpaired) electrons. The molecular weight excluding hydrogens is 120 g/mol. The lowest BCUT2D eigenvalue weighted by Gasteiger charge is -2.13. The van der Waals surface area contributed by atoms with Gasteiger partial charge in [-0.1, -0.05) is 6.08 Å². The van der Waals surface area contributed by atoms with E-state index in [1.165, 1.54) is 6.08 Å². The maximum absolute atomic E-state index is 8.84. The molecule has 54 valence electrons. The van der Waals surface area contributed by atoms with E-state index in [4.69, 9.17) is 15.3 Å². The van der Waals surface area contributed by atoms with Gasteiger partial charge in [0, 0.05) is 5.92 Å². The first-order valence-electron chi connectivity index (χ1n) is 2.78. The first kappa shape index (κ1) is 8.62. The SMILES string of the molecule is C=C[C@H](CO)[C@H](O)CO. The lowest BCUT2D eigenvalue weighted by Crippen LogP contribution is -2.25. The summed E-state index contributed by atoms with van der Waals surface area (Å²) >= 11 is 0. The predicted molar refractivity (Wildman–Crippen MR) is 33.9 cm³/mol. The van der Waals surface area contributed by atoms with Gasteiger partial charge < -0.3 is 15.3 Å². The molecule has 3 N–H and O–H groups in total. The van der Waals surface area contributed by atoms with E-state index in [-0.39, 0.29) is 13.2 Å². The maximum atomic E-state index is 8.84. The summed E-state index contributed by atoms with van der Waals surface area (Å²) in [7, 11) is 0. The zero-order chi connectivity index (χ0) is 7.28. The fourth-order valence-corrected chi connectivity index (χ4v) is 0.489. The lowest BCUT2D eigenvalue weighted by atomic mass is 10.1. The maximum Gasteiger partial charge on any atom is 0.0855 e. The van der Waals surface area contributed by atoms with Crippen molar-refractivity contribution in [3.05, 3.63) is 12.7 Å². The fraction of sp³-hybridized carbons (Fsp3) is 0.667. The Morgan fingerprint density at radius 2 is 1.89 bits per heavy atom. The van der Waals surface area contributed by atoms with Crippen LogP contribution in [0.5, 0.6) is 0 Å². The summed E-state index contributed by atoms with van der Waals surface area (Å²) in [6.07, 6.45) is 0.536. The van der Waals surface area contributed by atoms with Crippen LogP contribution >= 0.6 is 0 Å². The van der Waals surface area contributed by atoms with Crippen LogP contribution in [-0.2, 0) is 0 Å². The van der Waals surface area contributed by atoms with Gasteiger partial charge >= 0.3 is 0 Å². The monoisotopic (exact) mass is 132 g/mol. The highest BCUT2D eigenvalue weighted by atomic mass is 16.3. The summed E-state index contributed by atoms with van der Waals surface area (Å²) in [5.74, 6) is -0.407. The van der Waals surface area contributed by atoms with Gasteiger partial charge in [0.25, 0.3) is 0 Å². The van der Waals surface area contributed by atoms with Crippen molar-refractivity contribution in [2.45, 2.75) is 6.10 Å². The topological polar surface area (TPSA) is 60.7 Å². The van der Waals surface area contributed by atoms with Crippen LogP contribution in [-0.4, -0.2) is 34.6 Å². The van der Waals surface area contributed by atoms with Crippen LogP contribution in [0.25, 0.3) is 0 Å². The minimum atomic E-state index is -0.882. The van der Waals surface area contributed by atoms with Gasteiger partial charge in [0.05, 0.1) is 19.3 Å². The molecule has 0 aromatic heterocycles. The van der Waals surface area contributed by atoms with Gasteiger partial charge in [-0.3, -0.25) is 0 Å². The number of hydrogen-bond acceptors (Lipinski definition) is 3. The van der Waals surface area contributed by atoms with E-state index in [0.29, 0.717) is 0 Å². The van der Waals surface area contributed by atoms with Gasteiger partial charge in [0.2, 0.25) is 0 Å². The van der Waals surface area contributed by atoms with Crippen molar-refractivity contribution in [1.82, 2.24) is 0 Å². The molecule has 0 saturated carbocycles. The first-order chi connectivity index (χ1) is 4.26. The molecule has 9 heavy (non-hydrogen) atoms. The van der Waals surface area contributed by atoms with Crippen molar-refractivity contribution in [1.29, 1.82) is 0 Å². The summed E-state index contributed by atoms with van der Waals surface area (Å²) < 4.78 is 0. The van der Waals surface area contributed by atoms with E-state index in [1.807, 2.05) is 0 Å². The van der Waals surface area contributed by atoms with Crippen LogP contribution in [0, 0.1) is 5.92 Å². The Bertz CT molecular complexity index is 82.4. The Hall–Kier alpha value is -0.380. The highest BCUT2D eigenvalue weighted by Crippen LogP contribution is 2.02. The Kier molecular flexibility index (Phi) is 4.30. The van der Waals surface area contributed by atoms with Crippen LogP contribution in [0.2, 0.25) is 0 Å². The van der Waals surface area contributed by atoms with Crippen LogP contribution in [0.4, 0.5) is 0 Å². The van der Waals surface area contributed by atoms with E-state index in [2.05, 4.69) is 6.58 Å². The van der Waals surface area contributed by atoms with E-state index in [1.54, 1.807) is 0 Å². The van der Waals surface area contributed by atoms with E-state index in [9.17, 15) is 0 Å². The van der Waals surface area contributed by atoms with Gasteiger partial charge in [-0.2, -0.15) is 0 Å². The second-order valence-corrected chi connectivity index (χ2v) is 1.83. The van der Waals surface area contributed by atoms with Gasteiger partial charge in [-0.05, 0) is 0 Å². The minimum Gasteiger partial charge on any atom is -0.396 e. The minimum absolute atomic E-state index is 0.175. The molecule has 0 unspecified atom stereocenters. The number of aliphatic hydroxyl groups excluding tert-OH is 3. The van der Waals surface area contributed by atoms with Gasteiger partial charge in [-0.25, -0.2) is 0 Å². The summed E-state index contributed by atoms with van der Waals surface area (Å²) in [6.45, 7) is 2.86. The number of hydrogen-bond donors (Lipinski definition) is 3. The van der Waals surface area contributed by atoms with Gasteiger partial charge in [-0.15, -0.1) is 6.58 Å². The van der Waals surface area contributed by atoms with E-state index < -0.39 is 12.0 Å². The fourth-order valence-electron chi connectivity index (χ4n) is 0.489. The molecule has 3 heteroatoms. The summed E-state index contributed by atoms with van der Waals surface area (Å²) in [4.78, 5) is 0. The van der Waals surface area contributed by atoms with Crippen LogP contribution in [0.1, 0.15) is 0 Å². The van der Waals surface area contributed by atoms with Crippen molar-refractivity contribution in [3.63, 3.8) is 0 Å². The van der Waals surface area contributed by atoms with Crippen molar-refractivity contribution in [2.24, 2.45) is 5.92 Å². The Morgan fingerprint density at radius 1 is 1.33 bits per heavy atom. The van der Waals surface area contributed by atoms with Crippen LogP contribution in [0.3, 0.4) is 0 Å². The first-order valence-corrected chi connectivity index (χ1v) is 2.78. The third kappa shape index (κ3) is 2.60. The highest BCUT2D eigenvalue weighted by molar-refractivity contribution is 4.83. The molecule has 0 aliphatic heterocycles. The third-order valence-electron chi connectivity index (χ3n) is 1.19. The molecule has 0 heterocycles. The van der Waals surface area contributed by atoms with Crippen LogP contribution < -0.4 is 0 Å². The lowest BCUT2D eigenvalue weighted by molar-refractivity contribution is 0.0414. The molecule has 0 spiro atoms. The Morgan fingerprint density at radius 3 is 2.00 bits per heavy atom. The number of rotatable bonds is 4. The zero-order valence-corrected chi connectivity index (χ0v) is 5.20. The van der Waals surface area contributed by atoms with E-state index in [0.717, 1.165) is 0 Å². The average Bonchev–Trinajstić information content (AvgIpc) is 1.90. The van der Waals surface area contributed by atoms with Crippen molar-refractivity contribution in [2.75, 3.05) is 13.2 Å². The molecular formula is C6H12O3. The Balaban J connectivity index is 3.63. The third-order valence-corrected chi connectivity index (χ3v) is 1.19. The van der Waals surface area contributed by atoms with Gasteiger partial charge in [0.1, 0.15) is 0 Å². The molecule has 3 nitrogen and oxygen atoms in total. The average molecular weight is 132 g/mol. The quantitative estimate of drug-likeness (QED) is 0.436. The van der Waals surface area contributed by atoms with Crippen molar-refractivity contribution in [3.8, 4) is 0 Å². The largest absolute Gasteiger partial charge is 0.396 e. The highest BCUT2D eigenvalue weighted by Gasteiger charge is 2.12. The van der Waals surface area contributed by atoms with Crippen LogP contribution in [0.15, 0.2) is 12.7 Å². The predicted octanol–water partition coefficient (Wildman–Crippen LogP) is -0.866. The molecule has 0 aromatic carbocycles. The molecule has 0 bridgehead atoms. The summed E-state index contributed by atoms with van der Waals surface area (Å²) in [6, 6.07) is 0. The normalized spacial score (nSPS) is 16.8.